The molecule has 8 heteroatoms. The number of ether oxygens (including phenoxy) is 1. The zero-order valence-electron chi connectivity index (χ0n) is 13.6. The number of hydrogen-bond acceptors (Lipinski definition) is 7. The molecule has 0 spiro atoms. The first-order valence-corrected chi connectivity index (χ1v) is 8.17. The molecular formula is C16H19ClN4O2S. The SMILES string of the molecule is CNC(C)Cc1noc(-c2csc(-c3ccc(OC)cc3)n2)n1.Cl. The molecule has 1 unspecified atom stereocenters. The van der Waals surface area contributed by atoms with E-state index in [0.717, 1.165) is 22.7 Å². The van der Waals surface area contributed by atoms with E-state index in [2.05, 4.69) is 27.4 Å². The summed E-state index contributed by atoms with van der Waals surface area (Å²) in [4.78, 5) is 8.99. The predicted octanol–water partition coefficient (Wildman–Crippen LogP) is 3.44. The van der Waals surface area contributed by atoms with Gasteiger partial charge in [0, 0.05) is 23.4 Å². The molecule has 2 heterocycles. The first-order valence-electron chi connectivity index (χ1n) is 7.29. The fraction of sp³-hybridized carbons (Fsp3) is 0.312. The van der Waals surface area contributed by atoms with Crippen LogP contribution in [0.2, 0.25) is 0 Å². The van der Waals surface area contributed by atoms with Gasteiger partial charge in [-0.1, -0.05) is 5.16 Å². The Morgan fingerprint density at radius 2 is 2.00 bits per heavy atom. The van der Waals surface area contributed by atoms with Gasteiger partial charge < -0.3 is 14.6 Å². The van der Waals surface area contributed by atoms with Crippen molar-refractivity contribution in [2.45, 2.75) is 19.4 Å². The third-order valence-corrected chi connectivity index (χ3v) is 4.40. The van der Waals surface area contributed by atoms with Gasteiger partial charge in [-0.05, 0) is 38.2 Å². The van der Waals surface area contributed by atoms with E-state index in [1.807, 2.05) is 36.7 Å². The average Bonchev–Trinajstić information content (AvgIpc) is 3.24. The van der Waals surface area contributed by atoms with Crippen molar-refractivity contribution in [1.82, 2.24) is 20.4 Å². The summed E-state index contributed by atoms with van der Waals surface area (Å²) in [6.07, 6.45) is 0.718. The molecule has 0 amide bonds. The Labute approximate surface area is 150 Å². The van der Waals surface area contributed by atoms with E-state index in [9.17, 15) is 0 Å². The van der Waals surface area contributed by atoms with Crippen molar-refractivity contribution in [2.24, 2.45) is 0 Å². The van der Waals surface area contributed by atoms with Crippen LogP contribution >= 0.6 is 23.7 Å². The van der Waals surface area contributed by atoms with Crippen molar-refractivity contribution in [3.05, 3.63) is 35.5 Å². The summed E-state index contributed by atoms with van der Waals surface area (Å²) >= 11 is 1.55. The molecule has 0 fully saturated rings. The molecule has 0 aliphatic rings. The third kappa shape index (κ3) is 4.11. The molecule has 6 nitrogen and oxygen atoms in total. The molecular weight excluding hydrogens is 348 g/mol. The summed E-state index contributed by atoms with van der Waals surface area (Å²) in [5.41, 5.74) is 1.74. The van der Waals surface area contributed by atoms with Gasteiger partial charge in [0.2, 0.25) is 0 Å². The molecule has 0 saturated heterocycles. The van der Waals surface area contributed by atoms with Crippen molar-refractivity contribution in [1.29, 1.82) is 0 Å². The standard InChI is InChI=1S/C16H18N4O2S.ClH/c1-10(17-2)8-14-19-15(22-20-14)13-9-23-16(18-13)11-4-6-12(21-3)7-5-11;/h4-7,9-10,17H,8H2,1-3H3;1H. The average molecular weight is 367 g/mol. The first-order chi connectivity index (χ1) is 11.2. The van der Waals surface area contributed by atoms with Crippen LogP contribution in [0.1, 0.15) is 12.7 Å². The molecule has 0 aliphatic heterocycles. The normalized spacial score (nSPS) is 11.8. The van der Waals surface area contributed by atoms with Gasteiger partial charge in [-0.25, -0.2) is 4.98 Å². The van der Waals surface area contributed by atoms with Gasteiger partial charge in [-0.2, -0.15) is 4.98 Å². The summed E-state index contributed by atoms with van der Waals surface area (Å²) in [7, 11) is 3.56. The summed E-state index contributed by atoms with van der Waals surface area (Å²) < 4.78 is 10.5. The zero-order chi connectivity index (χ0) is 16.2. The van der Waals surface area contributed by atoms with Crippen LogP contribution in [-0.4, -0.2) is 35.3 Å². The van der Waals surface area contributed by atoms with Crippen molar-refractivity contribution in [3.63, 3.8) is 0 Å². The Bertz CT molecular complexity index is 772. The van der Waals surface area contributed by atoms with Gasteiger partial charge >= 0.3 is 0 Å². The van der Waals surface area contributed by atoms with Crippen LogP contribution in [0.25, 0.3) is 22.2 Å². The van der Waals surface area contributed by atoms with Crippen molar-refractivity contribution < 1.29 is 9.26 Å². The van der Waals surface area contributed by atoms with E-state index < -0.39 is 0 Å². The van der Waals surface area contributed by atoms with Gasteiger partial charge in [0.25, 0.3) is 5.89 Å². The Morgan fingerprint density at radius 1 is 1.25 bits per heavy atom. The quantitative estimate of drug-likeness (QED) is 0.720. The molecule has 3 rings (SSSR count). The summed E-state index contributed by atoms with van der Waals surface area (Å²) in [5.74, 6) is 1.96. The Kier molecular flexibility index (Phi) is 6.30. The highest BCUT2D eigenvalue weighted by atomic mass is 35.5. The van der Waals surface area contributed by atoms with Gasteiger partial charge in [0.05, 0.1) is 7.11 Å². The molecule has 0 radical (unpaired) electrons. The maximum Gasteiger partial charge on any atom is 0.277 e. The Morgan fingerprint density at radius 3 is 2.67 bits per heavy atom. The van der Waals surface area contributed by atoms with Crippen molar-refractivity contribution in [2.75, 3.05) is 14.2 Å². The zero-order valence-corrected chi connectivity index (χ0v) is 15.3. The Balaban J connectivity index is 0.00000208. The maximum atomic E-state index is 5.32. The highest BCUT2D eigenvalue weighted by molar-refractivity contribution is 7.13. The number of thiazole rings is 1. The second-order valence-electron chi connectivity index (χ2n) is 5.18. The number of aromatic nitrogens is 3. The van der Waals surface area contributed by atoms with E-state index in [1.165, 1.54) is 0 Å². The highest BCUT2D eigenvalue weighted by Gasteiger charge is 2.14. The smallest absolute Gasteiger partial charge is 0.277 e. The second-order valence-corrected chi connectivity index (χ2v) is 6.03. The lowest BCUT2D eigenvalue weighted by Crippen LogP contribution is -2.24. The molecule has 1 aromatic carbocycles. The fourth-order valence-corrected chi connectivity index (χ4v) is 2.85. The predicted molar refractivity (Wildman–Crippen MR) is 96.9 cm³/mol. The van der Waals surface area contributed by atoms with Crippen LogP contribution in [0.3, 0.4) is 0 Å². The number of nitrogens with one attached hydrogen (secondary N) is 1. The molecule has 1 N–H and O–H groups in total. The molecule has 2 aromatic heterocycles. The third-order valence-electron chi connectivity index (χ3n) is 3.51. The van der Waals surface area contributed by atoms with E-state index in [4.69, 9.17) is 9.26 Å². The van der Waals surface area contributed by atoms with E-state index in [0.29, 0.717) is 23.5 Å². The van der Waals surface area contributed by atoms with Gasteiger partial charge in [-0.15, -0.1) is 23.7 Å². The minimum absolute atomic E-state index is 0. The minimum atomic E-state index is 0. The van der Waals surface area contributed by atoms with Crippen molar-refractivity contribution in [3.8, 4) is 27.9 Å². The maximum absolute atomic E-state index is 5.32. The number of methoxy groups -OCH3 is 1. The molecule has 1 atom stereocenters. The molecule has 24 heavy (non-hydrogen) atoms. The lowest BCUT2D eigenvalue weighted by atomic mass is 10.2. The lowest BCUT2D eigenvalue weighted by Gasteiger charge is -2.04. The molecule has 0 saturated carbocycles. The number of hydrogen-bond donors (Lipinski definition) is 1. The summed E-state index contributed by atoms with van der Waals surface area (Å²) in [5, 5.41) is 10.00. The lowest BCUT2D eigenvalue weighted by molar-refractivity contribution is 0.415. The van der Waals surface area contributed by atoms with Crippen LogP contribution < -0.4 is 10.1 Å². The van der Waals surface area contributed by atoms with E-state index in [-0.39, 0.29) is 12.4 Å². The topological polar surface area (TPSA) is 73.1 Å². The van der Waals surface area contributed by atoms with Gasteiger partial charge in [-0.3, -0.25) is 0 Å². The van der Waals surface area contributed by atoms with E-state index >= 15 is 0 Å². The second kappa shape index (κ2) is 8.23. The minimum Gasteiger partial charge on any atom is -0.497 e. The van der Waals surface area contributed by atoms with Crippen LogP contribution in [0.4, 0.5) is 0 Å². The monoisotopic (exact) mass is 366 g/mol. The summed E-state index contributed by atoms with van der Waals surface area (Å²) in [6.45, 7) is 2.07. The number of nitrogens with zero attached hydrogens (tertiary/aromatic N) is 3. The van der Waals surface area contributed by atoms with Crippen LogP contribution in [0.5, 0.6) is 5.75 Å². The van der Waals surface area contributed by atoms with Gasteiger partial charge in [0.15, 0.2) is 5.82 Å². The van der Waals surface area contributed by atoms with E-state index in [1.54, 1.807) is 18.4 Å². The summed E-state index contributed by atoms with van der Waals surface area (Å²) in [6, 6.07) is 8.09. The number of rotatable bonds is 6. The molecule has 0 aliphatic carbocycles. The number of halogens is 1. The fourth-order valence-electron chi connectivity index (χ4n) is 2.05. The number of likely N-dealkylation sites (N-methyl/N-ethyl adjacent to an activating group) is 1. The molecule has 3 aromatic rings. The first kappa shape index (κ1) is 18.4. The Hall–Kier alpha value is -1.96. The van der Waals surface area contributed by atoms with Gasteiger partial charge in [0.1, 0.15) is 16.5 Å². The largest absolute Gasteiger partial charge is 0.497 e. The molecule has 128 valence electrons. The molecule has 0 bridgehead atoms. The highest BCUT2D eigenvalue weighted by Crippen LogP contribution is 2.29. The van der Waals surface area contributed by atoms with Crippen LogP contribution in [0.15, 0.2) is 34.2 Å². The van der Waals surface area contributed by atoms with Crippen LogP contribution in [-0.2, 0) is 6.42 Å². The van der Waals surface area contributed by atoms with Crippen LogP contribution in [0, 0.1) is 0 Å². The number of benzene rings is 1. The van der Waals surface area contributed by atoms with Crippen molar-refractivity contribution >= 4 is 23.7 Å².